The van der Waals surface area contributed by atoms with Gasteiger partial charge in [-0.3, -0.25) is 9.59 Å². The van der Waals surface area contributed by atoms with Crippen molar-refractivity contribution in [1.29, 1.82) is 0 Å². The zero-order valence-electron chi connectivity index (χ0n) is 11.4. The number of rotatable bonds is 2. The predicted octanol–water partition coefficient (Wildman–Crippen LogP) is 2.28. The predicted molar refractivity (Wildman–Crippen MR) is 70.6 cm³/mol. The molecule has 2 atom stereocenters. The quantitative estimate of drug-likeness (QED) is 0.833. The molecular formula is C15H23NO3. The Bertz CT molecular complexity index is 377. The van der Waals surface area contributed by atoms with Crippen molar-refractivity contribution < 1.29 is 14.7 Å². The number of likely N-dealkylation sites (tertiary alicyclic amines) is 1. The average Bonchev–Trinajstić information content (AvgIpc) is 2.76. The van der Waals surface area contributed by atoms with E-state index in [9.17, 15) is 9.59 Å². The molecule has 2 aliphatic carbocycles. The van der Waals surface area contributed by atoms with Gasteiger partial charge in [-0.25, -0.2) is 0 Å². The van der Waals surface area contributed by atoms with Gasteiger partial charge in [-0.1, -0.05) is 12.8 Å². The van der Waals surface area contributed by atoms with Gasteiger partial charge in [0.25, 0.3) is 0 Å². The molecule has 3 fully saturated rings. The van der Waals surface area contributed by atoms with Crippen LogP contribution < -0.4 is 0 Å². The number of carboxylic acids is 1. The van der Waals surface area contributed by atoms with E-state index in [4.69, 9.17) is 5.11 Å². The standard InChI is InChI=1S/C15H23NO3/c17-13(11-3-4-12(11)14(18)19)16-9-7-15(8-10-16)5-1-2-6-15/h11-12H,1-10H2,(H,18,19). The minimum absolute atomic E-state index is 0.103. The zero-order chi connectivity index (χ0) is 13.5. The number of piperidine rings is 1. The van der Waals surface area contributed by atoms with Crippen LogP contribution in [0.5, 0.6) is 0 Å². The summed E-state index contributed by atoms with van der Waals surface area (Å²) in [6, 6.07) is 0. The highest BCUT2D eigenvalue weighted by Crippen LogP contribution is 2.46. The molecule has 1 N–H and O–H groups in total. The summed E-state index contributed by atoms with van der Waals surface area (Å²) in [6.45, 7) is 1.70. The van der Waals surface area contributed by atoms with Crippen LogP contribution in [0.3, 0.4) is 0 Å². The number of carboxylic acid groups (broad SMARTS) is 1. The summed E-state index contributed by atoms with van der Waals surface area (Å²) in [5.41, 5.74) is 0.516. The first-order valence-corrected chi connectivity index (χ1v) is 7.63. The zero-order valence-corrected chi connectivity index (χ0v) is 11.4. The third-order valence-corrected chi connectivity index (χ3v) is 5.71. The SMILES string of the molecule is O=C(O)C1CCC1C(=O)N1CCC2(CCCC2)CC1. The summed E-state index contributed by atoms with van der Waals surface area (Å²) < 4.78 is 0. The van der Waals surface area contributed by atoms with Gasteiger partial charge < -0.3 is 10.0 Å². The Balaban J connectivity index is 1.56. The summed E-state index contributed by atoms with van der Waals surface area (Å²) in [7, 11) is 0. The Morgan fingerprint density at radius 3 is 2.00 bits per heavy atom. The molecule has 0 bridgehead atoms. The third kappa shape index (κ3) is 2.26. The van der Waals surface area contributed by atoms with E-state index in [1.165, 1.54) is 25.7 Å². The minimum Gasteiger partial charge on any atom is -0.481 e. The number of hydrogen-bond acceptors (Lipinski definition) is 2. The Labute approximate surface area is 114 Å². The molecule has 0 radical (unpaired) electrons. The normalized spacial score (nSPS) is 33.2. The average molecular weight is 265 g/mol. The van der Waals surface area contributed by atoms with Crippen LogP contribution in [0.4, 0.5) is 0 Å². The lowest BCUT2D eigenvalue weighted by atomic mass is 9.72. The number of nitrogens with zero attached hydrogens (tertiary/aromatic N) is 1. The molecule has 4 heteroatoms. The Morgan fingerprint density at radius 1 is 0.947 bits per heavy atom. The van der Waals surface area contributed by atoms with Crippen molar-refractivity contribution in [2.75, 3.05) is 13.1 Å². The van der Waals surface area contributed by atoms with Crippen LogP contribution in [0.25, 0.3) is 0 Å². The molecule has 4 nitrogen and oxygen atoms in total. The van der Waals surface area contributed by atoms with Gasteiger partial charge in [-0.05, 0) is 43.9 Å². The van der Waals surface area contributed by atoms with E-state index in [1.807, 2.05) is 4.90 Å². The maximum absolute atomic E-state index is 12.4. The molecule has 2 saturated carbocycles. The van der Waals surface area contributed by atoms with E-state index in [1.54, 1.807) is 0 Å². The largest absolute Gasteiger partial charge is 0.481 e. The van der Waals surface area contributed by atoms with E-state index in [0.717, 1.165) is 32.4 Å². The highest BCUT2D eigenvalue weighted by atomic mass is 16.4. The van der Waals surface area contributed by atoms with Crippen LogP contribution in [0, 0.1) is 17.3 Å². The van der Waals surface area contributed by atoms with Gasteiger partial charge in [0.2, 0.25) is 5.91 Å². The Morgan fingerprint density at radius 2 is 1.53 bits per heavy atom. The Kier molecular flexibility index (Phi) is 3.27. The molecule has 0 aromatic rings. The van der Waals surface area contributed by atoms with Gasteiger partial charge in [-0.2, -0.15) is 0 Å². The second-order valence-corrected chi connectivity index (χ2v) is 6.66. The fourth-order valence-corrected chi connectivity index (χ4v) is 4.15. The number of carbonyl (C=O) groups excluding carboxylic acids is 1. The molecular weight excluding hydrogens is 242 g/mol. The molecule has 1 amide bonds. The van der Waals surface area contributed by atoms with E-state index in [2.05, 4.69) is 0 Å². The van der Waals surface area contributed by atoms with Crippen molar-refractivity contribution in [2.45, 2.75) is 51.4 Å². The molecule has 1 aliphatic heterocycles. The lowest BCUT2D eigenvalue weighted by molar-refractivity contribution is -0.157. The van der Waals surface area contributed by atoms with E-state index in [0.29, 0.717) is 11.8 Å². The maximum atomic E-state index is 12.4. The molecule has 106 valence electrons. The molecule has 1 heterocycles. The molecule has 1 saturated heterocycles. The number of carbonyl (C=O) groups is 2. The third-order valence-electron chi connectivity index (χ3n) is 5.71. The van der Waals surface area contributed by atoms with Gasteiger partial charge in [0.15, 0.2) is 0 Å². The summed E-state index contributed by atoms with van der Waals surface area (Å²) in [4.78, 5) is 25.3. The summed E-state index contributed by atoms with van der Waals surface area (Å²) in [5.74, 6) is -1.36. The van der Waals surface area contributed by atoms with Crippen LogP contribution in [-0.4, -0.2) is 35.0 Å². The Hall–Kier alpha value is -1.06. The van der Waals surface area contributed by atoms with E-state index >= 15 is 0 Å². The summed E-state index contributed by atoms with van der Waals surface area (Å²) in [6.07, 6.45) is 9.04. The minimum atomic E-state index is -0.797. The van der Waals surface area contributed by atoms with Gasteiger partial charge in [0, 0.05) is 13.1 Å². The molecule has 3 rings (SSSR count). The molecule has 0 aromatic heterocycles. The number of hydrogen-bond donors (Lipinski definition) is 1. The first kappa shape index (κ1) is 12.9. The van der Waals surface area contributed by atoms with Crippen LogP contribution in [0.1, 0.15) is 51.4 Å². The first-order chi connectivity index (χ1) is 9.11. The summed E-state index contributed by atoms with van der Waals surface area (Å²) in [5, 5.41) is 9.05. The topological polar surface area (TPSA) is 57.6 Å². The van der Waals surface area contributed by atoms with Crippen molar-refractivity contribution in [2.24, 2.45) is 17.3 Å². The lowest BCUT2D eigenvalue weighted by Crippen LogP contribution is -2.49. The summed E-state index contributed by atoms with van der Waals surface area (Å²) >= 11 is 0. The van der Waals surface area contributed by atoms with Crippen LogP contribution in [0.15, 0.2) is 0 Å². The van der Waals surface area contributed by atoms with Gasteiger partial charge in [0.1, 0.15) is 0 Å². The highest BCUT2D eigenvalue weighted by Gasteiger charge is 2.45. The van der Waals surface area contributed by atoms with Gasteiger partial charge in [0.05, 0.1) is 11.8 Å². The second-order valence-electron chi connectivity index (χ2n) is 6.66. The van der Waals surface area contributed by atoms with Crippen molar-refractivity contribution in [1.82, 2.24) is 4.90 Å². The van der Waals surface area contributed by atoms with Crippen molar-refractivity contribution in [3.8, 4) is 0 Å². The molecule has 19 heavy (non-hydrogen) atoms. The highest BCUT2D eigenvalue weighted by molar-refractivity contribution is 5.86. The fourth-order valence-electron chi connectivity index (χ4n) is 4.15. The van der Waals surface area contributed by atoms with Gasteiger partial charge in [-0.15, -0.1) is 0 Å². The van der Waals surface area contributed by atoms with Crippen molar-refractivity contribution in [3.63, 3.8) is 0 Å². The molecule has 0 aromatic carbocycles. The smallest absolute Gasteiger partial charge is 0.307 e. The first-order valence-electron chi connectivity index (χ1n) is 7.63. The number of aliphatic carboxylic acids is 1. The van der Waals surface area contributed by atoms with Gasteiger partial charge >= 0.3 is 5.97 Å². The fraction of sp³-hybridized carbons (Fsp3) is 0.867. The molecule has 1 spiro atoms. The van der Waals surface area contributed by atoms with Crippen LogP contribution in [0.2, 0.25) is 0 Å². The van der Waals surface area contributed by atoms with Crippen molar-refractivity contribution >= 4 is 11.9 Å². The van der Waals surface area contributed by atoms with Crippen LogP contribution in [-0.2, 0) is 9.59 Å². The lowest BCUT2D eigenvalue weighted by Gasteiger charge is -2.43. The van der Waals surface area contributed by atoms with Crippen LogP contribution >= 0.6 is 0 Å². The molecule has 3 aliphatic rings. The van der Waals surface area contributed by atoms with E-state index < -0.39 is 11.9 Å². The van der Waals surface area contributed by atoms with E-state index in [-0.39, 0.29) is 11.8 Å². The number of amides is 1. The maximum Gasteiger partial charge on any atom is 0.307 e. The monoisotopic (exact) mass is 265 g/mol. The molecule has 2 unspecified atom stereocenters. The van der Waals surface area contributed by atoms with Crippen molar-refractivity contribution in [3.05, 3.63) is 0 Å². The second kappa shape index (κ2) is 4.80.